The van der Waals surface area contributed by atoms with Crippen LogP contribution in [0.2, 0.25) is 0 Å². The SMILES string of the molecule is CC(C)(C)c1ncc2c(n1)CCC(C(=O)O)C2. The molecule has 92 valence electrons. The van der Waals surface area contributed by atoms with Gasteiger partial charge in [-0.2, -0.15) is 0 Å². The summed E-state index contributed by atoms with van der Waals surface area (Å²) in [4.78, 5) is 19.9. The lowest BCUT2D eigenvalue weighted by molar-refractivity contribution is -0.142. The minimum Gasteiger partial charge on any atom is -0.481 e. The van der Waals surface area contributed by atoms with E-state index in [1.54, 1.807) is 6.20 Å². The molecule has 4 heteroatoms. The summed E-state index contributed by atoms with van der Waals surface area (Å²) >= 11 is 0. The van der Waals surface area contributed by atoms with Gasteiger partial charge < -0.3 is 5.11 Å². The molecule has 0 amide bonds. The third kappa shape index (κ3) is 2.46. The first kappa shape index (κ1) is 12.0. The normalized spacial score (nSPS) is 19.8. The molecule has 0 aromatic carbocycles. The Morgan fingerprint density at radius 3 is 2.76 bits per heavy atom. The van der Waals surface area contributed by atoms with Gasteiger partial charge in [0, 0.05) is 17.3 Å². The van der Waals surface area contributed by atoms with Crippen molar-refractivity contribution in [1.29, 1.82) is 0 Å². The Morgan fingerprint density at radius 1 is 1.47 bits per heavy atom. The van der Waals surface area contributed by atoms with E-state index in [1.165, 1.54) is 0 Å². The van der Waals surface area contributed by atoms with E-state index in [9.17, 15) is 4.79 Å². The van der Waals surface area contributed by atoms with Gasteiger partial charge in [0.15, 0.2) is 0 Å². The fourth-order valence-electron chi connectivity index (χ4n) is 2.08. The Labute approximate surface area is 101 Å². The fourth-order valence-corrected chi connectivity index (χ4v) is 2.08. The monoisotopic (exact) mass is 234 g/mol. The second-order valence-corrected chi connectivity index (χ2v) is 5.69. The number of carboxylic acid groups (broad SMARTS) is 1. The van der Waals surface area contributed by atoms with Crippen LogP contribution < -0.4 is 0 Å². The number of fused-ring (bicyclic) bond motifs is 1. The quantitative estimate of drug-likeness (QED) is 0.806. The van der Waals surface area contributed by atoms with E-state index in [-0.39, 0.29) is 11.3 Å². The third-order valence-electron chi connectivity index (χ3n) is 3.17. The molecule has 1 atom stereocenters. The molecule has 1 aromatic rings. The third-order valence-corrected chi connectivity index (χ3v) is 3.17. The van der Waals surface area contributed by atoms with Crippen molar-refractivity contribution < 1.29 is 9.90 Å². The van der Waals surface area contributed by atoms with Crippen LogP contribution in [0.4, 0.5) is 0 Å². The lowest BCUT2D eigenvalue weighted by atomic mass is 9.87. The maximum atomic E-state index is 10.9. The number of aromatic nitrogens is 2. The van der Waals surface area contributed by atoms with Crippen molar-refractivity contribution in [3.8, 4) is 0 Å². The molecule has 17 heavy (non-hydrogen) atoms. The summed E-state index contributed by atoms with van der Waals surface area (Å²) in [6.07, 6.45) is 3.80. The Kier molecular flexibility index (Phi) is 2.89. The van der Waals surface area contributed by atoms with Gasteiger partial charge in [-0.1, -0.05) is 20.8 Å². The van der Waals surface area contributed by atoms with Gasteiger partial charge in [0.1, 0.15) is 5.82 Å². The summed E-state index contributed by atoms with van der Waals surface area (Å²) in [5.41, 5.74) is 1.97. The fraction of sp³-hybridized carbons (Fsp3) is 0.615. The number of carbonyl (C=O) groups is 1. The highest BCUT2D eigenvalue weighted by Gasteiger charge is 2.27. The first-order valence-corrected chi connectivity index (χ1v) is 5.96. The molecule has 1 unspecified atom stereocenters. The highest BCUT2D eigenvalue weighted by molar-refractivity contribution is 5.70. The number of aryl methyl sites for hydroxylation is 1. The number of aliphatic carboxylic acids is 1. The van der Waals surface area contributed by atoms with Crippen LogP contribution in [0.25, 0.3) is 0 Å². The number of hydrogen-bond acceptors (Lipinski definition) is 3. The zero-order valence-electron chi connectivity index (χ0n) is 10.5. The van der Waals surface area contributed by atoms with Gasteiger partial charge in [0.25, 0.3) is 0 Å². The average molecular weight is 234 g/mol. The summed E-state index contributed by atoms with van der Waals surface area (Å²) in [5.74, 6) is -0.146. The minimum absolute atomic E-state index is 0.0569. The van der Waals surface area contributed by atoms with Crippen molar-refractivity contribution in [2.24, 2.45) is 5.92 Å². The van der Waals surface area contributed by atoms with Crippen molar-refractivity contribution in [2.45, 2.75) is 45.4 Å². The predicted molar refractivity (Wildman–Crippen MR) is 63.9 cm³/mol. The molecule has 1 aliphatic rings. The second kappa shape index (κ2) is 4.09. The zero-order chi connectivity index (χ0) is 12.6. The van der Waals surface area contributed by atoms with Crippen LogP contribution in [-0.4, -0.2) is 21.0 Å². The number of hydrogen-bond donors (Lipinski definition) is 1. The number of nitrogens with zero attached hydrogens (tertiary/aromatic N) is 2. The van der Waals surface area contributed by atoms with Crippen LogP contribution in [0.1, 0.15) is 44.3 Å². The lowest BCUT2D eigenvalue weighted by Gasteiger charge is -2.23. The zero-order valence-corrected chi connectivity index (χ0v) is 10.5. The molecule has 1 heterocycles. The molecule has 1 aliphatic carbocycles. The highest BCUT2D eigenvalue weighted by atomic mass is 16.4. The first-order chi connectivity index (χ1) is 7.88. The minimum atomic E-state index is -0.712. The van der Waals surface area contributed by atoms with Gasteiger partial charge in [-0.15, -0.1) is 0 Å². The maximum Gasteiger partial charge on any atom is 0.306 e. The average Bonchev–Trinajstić information content (AvgIpc) is 2.26. The molecule has 0 saturated carbocycles. The van der Waals surface area contributed by atoms with Gasteiger partial charge >= 0.3 is 5.97 Å². The van der Waals surface area contributed by atoms with Gasteiger partial charge in [-0.05, 0) is 24.8 Å². The van der Waals surface area contributed by atoms with Crippen LogP contribution in [0.5, 0.6) is 0 Å². The largest absolute Gasteiger partial charge is 0.481 e. The number of rotatable bonds is 1. The Bertz CT molecular complexity index is 449. The Hall–Kier alpha value is -1.45. The molecule has 0 aliphatic heterocycles. The molecule has 0 fully saturated rings. The van der Waals surface area contributed by atoms with Crippen LogP contribution in [0, 0.1) is 5.92 Å². The Morgan fingerprint density at radius 2 is 2.18 bits per heavy atom. The van der Waals surface area contributed by atoms with E-state index in [0.29, 0.717) is 12.8 Å². The van der Waals surface area contributed by atoms with Crippen LogP contribution >= 0.6 is 0 Å². The first-order valence-electron chi connectivity index (χ1n) is 5.96. The smallest absolute Gasteiger partial charge is 0.306 e. The van der Waals surface area contributed by atoms with E-state index >= 15 is 0 Å². The van der Waals surface area contributed by atoms with Crippen LogP contribution in [-0.2, 0) is 23.1 Å². The molecule has 1 aromatic heterocycles. The van der Waals surface area contributed by atoms with Gasteiger partial charge in [-0.3, -0.25) is 4.79 Å². The standard InChI is InChI=1S/C13H18N2O2/c1-13(2,3)12-14-7-9-6-8(11(16)17)4-5-10(9)15-12/h7-8H,4-6H2,1-3H3,(H,16,17). The van der Waals surface area contributed by atoms with Gasteiger partial charge in [0.05, 0.1) is 5.92 Å². The van der Waals surface area contributed by atoms with E-state index in [4.69, 9.17) is 5.11 Å². The molecule has 0 bridgehead atoms. The van der Waals surface area contributed by atoms with Crippen LogP contribution in [0.15, 0.2) is 6.20 Å². The second-order valence-electron chi connectivity index (χ2n) is 5.69. The predicted octanol–water partition coefficient (Wildman–Crippen LogP) is 1.96. The summed E-state index contributed by atoms with van der Waals surface area (Å²) in [6, 6.07) is 0. The van der Waals surface area contributed by atoms with Crippen molar-refractivity contribution in [3.63, 3.8) is 0 Å². The number of carboxylic acids is 1. The Balaban J connectivity index is 2.29. The van der Waals surface area contributed by atoms with Crippen molar-refractivity contribution >= 4 is 5.97 Å². The van der Waals surface area contributed by atoms with Gasteiger partial charge in [0.2, 0.25) is 0 Å². The van der Waals surface area contributed by atoms with E-state index in [2.05, 4.69) is 30.7 Å². The molecule has 2 rings (SSSR count). The molecule has 0 radical (unpaired) electrons. The molecular formula is C13H18N2O2. The van der Waals surface area contributed by atoms with Crippen molar-refractivity contribution in [2.75, 3.05) is 0 Å². The maximum absolute atomic E-state index is 10.9. The molecule has 4 nitrogen and oxygen atoms in total. The molecule has 0 spiro atoms. The summed E-state index contributed by atoms with van der Waals surface area (Å²) in [6.45, 7) is 6.24. The summed E-state index contributed by atoms with van der Waals surface area (Å²) in [5, 5.41) is 9.01. The van der Waals surface area contributed by atoms with E-state index < -0.39 is 5.97 Å². The van der Waals surface area contributed by atoms with E-state index in [1.807, 2.05) is 0 Å². The summed E-state index contributed by atoms with van der Waals surface area (Å²) in [7, 11) is 0. The van der Waals surface area contributed by atoms with Crippen LogP contribution in [0.3, 0.4) is 0 Å². The summed E-state index contributed by atoms with van der Waals surface area (Å²) < 4.78 is 0. The lowest BCUT2D eigenvalue weighted by Crippen LogP contribution is -2.25. The molecular weight excluding hydrogens is 216 g/mol. The molecule has 1 N–H and O–H groups in total. The van der Waals surface area contributed by atoms with Crippen molar-refractivity contribution in [3.05, 3.63) is 23.3 Å². The molecule has 0 saturated heterocycles. The topological polar surface area (TPSA) is 63.1 Å². The highest BCUT2D eigenvalue weighted by Crippen LogP contribution is 2.26. The van der Waals surface area contributed by atoms with E-state index in [0.717, 1.165) is 23.5 Å². The van der Waals surface area contributed by atoms with Crippen molar-refractivity contribution in [1.82, 2.24) is 9.97 Å². The van der Waals surface area contributed by atoms with Gasteiger partial charge in [-0.25, -0.2) is 9.97 Å².